The van der Waals surface area contributed by atoms with Gasteiger partial charge in [0.15, 0.2) is 0 Å². The van der Waals surface area contributed by atoms with Crippen molar-refractivity contribution in [3.63, 3.8) is 0 Å². The molecule has 1 atom stereocenters. The third-order valence-electron chi connectivity index (χ3n) is 3.24. The molecule has 0 fully saturated rings. The molecule has 0 aliphatic carbocycles. The van der Waals surface area contributed by atoms with E-state index >= 15 is 0 Å². The second-order valence-electron chi connectivity index (χ2n) is 4.96. The molecule has 3 heteroatoms. The van der Waals surface area contributed by atoms with Gasteiger partial charge in [-0.25, -0.2) is 4.98 Å². The van der Waals surface area contributed by atoms with Crippen molar-refractivity contribution in [1.82, 2.24) is 4.98 Å². The average Bonchev–Trinajstić information content (AvgIpc) is 2.85. The van der Waals surface area contributed by atoms with E-state index in [2.05, 4.69) is 53.8 Å². The van der Waals surface area contributed by atoms with Crippen molar-refractivity contribution < 1.29 is 0 Å². The van der Waals surface area contributed by atoms with Crippen molar-refractivity contribution >= 4 is 17.0 Å². The zero-order valence-corrected chi connectivity index (χ0v) is 12.8. The number of unbranched alkanes of at least 4 members (excludes halogenated alkanes) is 1. The Labute approximate surface area is 119 Å². The van der Waals surface area contributed by atoms with Crippen LogP contribution in [0.2, 0.25) is 0 Å². The van der Waals surface area contributed by atoms with Gasteiger partial charge in [0.2, 0.25) is 0 Å². The van der Waals surface area contributed by atoms with Crippen molar-refractivity contribution in [2.75, 3.05) is 5.32 Å². The molecule has 1 aromatic carbocycles. The highest BCUT2D eigenvalue weighted by atomic mass is 32.1. The van der Waals surface area contributed by atoms with Gasteiger partial charge in [-0.15, -0.1) is 11.3 Å². The Morgan fingerprint density at radius 3 is 2.58 bits per heavy atom. The van der Waals surface area contributed by atoms with E-state index in [0.717, 1.165) is 10.7 Å². The molecule has 0 spiro atoms. The Bertz CT molecular complexity index is 502. The highest BCUT2D eigenvalue weighted by Gasteiger charge is 2.08. The lowest BCUT2D eigenvalue weighted by Gasteiger charge is -2.13. The number of nitrogens with one attached hydrogen (secondary N) is 1. The summed E-state index contributed by atoms with van der Waals surface area (Å²) in [5.41, 5.74) is 3.71. The average molecular weight is 274 g/mol. The van der Waals surface area contributed by atoms with Crippen molar-refractivity contribution in [3.8, 4) is 0 Å². The van der Waals surface area contributed by atoms with Gasteiger partial charge in [0, 0.05) is 11.1 Å². The van der Waals surface area contributed by atoms with Gasteiger partial charge in [-0.3, -0.25) is 0 Å². The number of hydrogen-bond donors (Lipinski definition) is 1. The highest BCUT2D eigenvalue weighted by molar-refractivity contribution is 7.09. The first-order valence-corrected chi connectivity index (χ1v) is 7.84. The predicted molar refractivity (Wildman–Crippen MR) is 83.9 cm³/mol. The topological polar surface area (TPSA) is 24.9 Å². The quantitative estimate of drug-likeness (QED) is 0.804. The predicted octanol–water partition coefficient (Wildman–Crippen LogP) is 4.97. The molecule has 1 aromatic heterocycles. The van der Waals surface area contributed by atoms with Crippen LogP contribution in [-0.4, -0.2) is 4.98 Å². The van der Waals surface area contributed by atoms with Gasteiger partial charge in [0.25, 0.3) is 0 Å². The summed E-state index contributed by atoms with van der Waals surface area (Å²) >= 11 is 1.70. The third kappa shape index (κ3) is 4.06. The van der Waals surface area contributed by atoms with Crippen LogP contribution in [0, 0.1) is 6.92 Å². The molecule has 2 aromatic rings. The van der Waals surface area contributed by atoms with E-state index in [9.17, 15) is 0 Å². The lowest BCUT2D eigenvalue weighted by atomic mass is 10.1. The fourth-order valence-corrected chi connectivity index (χ4v) is 2.76. The van der Waals surface area contributed by atoms with Gasteiger partial charge >= 0.3 is 0 Å². The van der Waals surface area contributed by atoms with E-state index in [0.29, 0.717) is 0 Å². The highest BCUT2D eigenvalue weighted by Crippen LogP contribution is 2.21. The van der Waals surface area contributed by atoms with Crippen molar-refractivity contribution in [3.05, 3.63) is 45.9 Å². The molecule has 102 valence electrons. The summed E-state index contributed by atoms with van der Waals surface area (Å²) in [4.78, 5) is 4.52. The number of thiazole rings is 1. The maximum absolute atomic E-state index is 4.52. The summed E-state index contributed by atoms with van der Waals surface area (Å²) in [5, 5.41) is 6.75. The zero-order valence-electron chi connectivity index (χ0n) is 11.9. The van der Waals surface area contributed by atoms with Crippen LogP contribution in [0.1, 0.15) is 49.0 Å². The summed E-state index contributed by atoms with van der Waals surface area (Å²) in [6.07, 6.45) is 3.69. The number of anilines is 1. The maximum atomic E-state index is 4.52. The Morgan fingerprint density at radius 2 is 2.00 bits per heavy atom. The molecule has 1 N–H and O–H groups in total. The Balaban J connectivity index is 1.95. The number of aryl methyl sites for hydroxylation is 2. The van der Waals surface area contributed by atoms with Crippen LogP contribution in [0.3, 0.4) is 0 Å². The molecule has 2 nitrogen and oxygen atoms in total. The second kappa shape index (κ2) is 6.71. The molecule has 1 unspecified atom stereocenters. The molecule has 0 bridgehead atoms. The summed E-state index contributed by atoms with van der Waals surface area (Å²) in [6.45, 7) is 6.43. The van der Waals surface area contributed by atoms with E-state index in [4.69, 9.17) is 0 Å². The van der Waals surface area contributed by atoms with E-state index in [1.54, 1.807) is 11.3 Å². The summed E-state index contributed by atoms with van der Waals surface area (Å²) in [6, 6.07) is 9.03. The number of nitrogens with zero attached hydrogens (tertiary/aromatic N) is 1. The molecular formula is C16H22N2S. The Hall–Kier alpha value is -1.35. The van der Waals surface area contributed by atoms with Gasteiger partial charge < -0.3 is 5.32 Å². The number of aromatic nitrogens is 1. The smallest absolute Gasteiger partial charge is 0.0898 e. The first-order chi connectivity index (χ1) is 9.19. The van der Waals surface area contributed by atoms with Crippen LogP contribution in [-0.2, 0) is 6.42 Å². The van der Waals surface area contributed by atoms with Crippen molar-refractivity contribution in [2.45, 2.75) is 46.1 Å². The van der Waals surface area contributed by atoms with Gasteiger partial charge in [0.05, 0.1) is 16.7 Å². The number of benzene rings is 1. The van der Waals surface area contributed by atoms with Gasteiger partial charge in [-0.05, 0) is 44.4 Å². The minimum atomic E-state index is 0.256. The molecule has 1 heterocycles. The van der Waals surface area contributed by atoms with Gasteiger partial charge in [-0.1, -0.05) is 25.5 Å². The first kappa shape index (κ1) is 14.1. The van der Waals surface area contributed by atoms with Crippen LogP contribution in [0.25, 0.3) is 0 Å². The molecule has 0 aliphatic rings. The first-order valence-electron chi connectivity index (χ1n) is 6.96. The molecule has 19 heavy (non-hydrogen) atoms. The zero-order chi connectivity index (χ0) is 13.7. The molecular weight excluding hydrogens is 252 g/mol. The van der Waals surface area contributed by atoms with Crippen LogP contribution in [0.15, 0.2) is 29.6 Å². The minimum Gasteiger partial charge on any atom is -0.377 e. The van der Waals surface area contributed by atoms with Crippen molar-refractivity contribution in [2.24, 2.45) is 0 Å². The summed E-state index contributed by atoms with van der Waals surface area (Å²) in [5.74, 6) is 0. The number of hydrogen-bond acceptors (Lipinski definition) is 3. The summed E-state index contributed by atoms with van der Waals surface area (Å²) in [7, 11) is 0. The third-order valence-corrected chi connectivity index (χ3v) is 4.03. The Kier molecular flexibility index (Phi) is 4.97. The van der Waals surface area contributed by atoms with E-state index in [-0.39, 0.29) is 6.04 Å². The SMILES string of the molecule is CCCCc1ccc(NC(C)c2csc(C)n2)cc1. The monoisotopic (exact) mass is 274 g/mol. The van der Waals surface area contributed by atoms with Crippen molar-refractivity contribution in [1.29, 1.82) is 0 Å². The van der Waals surface area contributed by atoms with Crippen LogP contribution in [0.4, 0.5) is 5.69 Å². The standard InChI is InChI=1S/C16H22N2S/c1-4-5-6-14-7-9-15(10-8-14)17-12(2)16-11-19-13(3)18-16/h7-12,17H,4-6H2,1-3H3. The van der Waals surface area contributed by atoms with E-state index in [1.165, 1.54) is 30.5 Å². The molecule has 0 amide bonds. The van der Waals surface area contributed by atoms with Gasteiger partial charge in [0.1, 0.15) is 0 Å². The molecule has 0 saturated carbocycles. The van der Waals surface area contributed by atoms with Crippen LogP contribution in [0.5, 0.6) is 0 Å². The second-order valence-corrected chi connectivity index (χ2v) is 6.02. The Morgan fingerprint density at radius 1 is 1.26 bits per heavy atom. The maximum Gasteiger partial charge on any atom is 0.0898 e. The molecule has 2 rings (SSSR count). The lowest BCUT2D eigenvalue weighted by molar-refractivity contribution is 0.794. The normalized spacial score (nSPS) is 12.4. The minimum absolute atomic E-state index is 0.256. The molecule has 0 radical (unpaired) electrons. The van der Waals surface area contributed by atoms with Crippen LogP contribution >= 0.6 is 11.3 Å². The van der Waals surface area contributed by atoms with E-state index in [1.807, 2.05) is 6.92 Å². The summed E-state index contributed by atoms with van der Waals surface area (Å²) < 4.78 is 0. The van der Waals surface area contributed by atoms with Crippen LogP contribution < -0.4 is 5.32 Å². The van der Waals surface area contributed by atoms with E-state index < -0.39 is 0 Å². The lowest BCUT2D eigenvalue weighted by Crippen LogP contribution is -2.06. The molecule has 0 saturated heterocycles. The fourth-order valence-electron chi connectivity index (χ4n) is 2.05. The molecule has 0 aliphatic heterocycles. The van der Waals surface area contributed by atoms with Gasteiger partial charge in [-0.2, -0.15) is 0 Å². The number of rotatable bonds is 6. The fraction of sp³-hybridized carbons (Fsp3) is 0.438. The largest absolute Gasteiger partial charge is 0.377 e.